The summed E-state index contributed by atoms with van der Waals surface area (Å²) in [5.74, 6) is -0.668. The van der Waals surface area contributed by atoms with Crippen LogP contribution in [0.4, 0.5) is 0 Å². The fourth-order valence-corrected chi connectivity index (χ4v) is 4.67. The lowest BCUT2D eigenvalue weighted by molar-refractivity contribution is -0.153. The van der Waals surface area contributed by atoms with E-state index in [4.69, 9.17) is 9.84 Å². The highest BCUT2D eigenvalue weighted by Gasteiger charge is 2.33. The summed E-state index contributed by atoms with van der Waals surface area (Å²) in [5, 5.41) is 12.6. The Morgan fingerprint density at radius 3 is 2.23 bits per heavy atom. The van der Waals surface area contributed by atoms with Crippen molar-refractivity contribution in [3.05, 3.63) is 41.0 Å². The van der Waals surface area contributed by atoms with Gasteiger partial charge in [-0.05, 0) is 75.5 Å². The molecule has 0 amide bonds. The largest absolute Gasteiger partial charge is 0.478 e. The quantitative estimate of drug-likeness (QED) is 0.449. The highest BCUT2D eigenvalue weighted by molar-refractivity contribution is 5.91. The van der Waals surface area contributed by atoms with Gasteiger partial charge in [-0.1, -0.05) is 43.5 Å². The molecule has 2 fully saturated rings. The number of rotatable bonds is 8. The molecule has 164 valence electrons. The number of aliphatic carboxylic acids is 1. The van der Waals surface area contributed by atoms with Crippen molar-refractivity contribution in [3.8, 4) is 0 Å². The Hall–Kier alpha value is -2.14. The number of ether oxygens (including phenoxy) is 1. The molecule has 2 aliphatic carbocycles. The van der Waals surface area contributed by atoms with Crippen LogP contribution in [0, 0.1) is 5.92 Å². The van der Waals surface area contributed by atoms with Gasteiger partial charge in [0.1, 0.15) is 12.1 Å². The molecule has 0 bridgehead atoms. The molecule has 0 heterocycles. The van der Waals surface area contributed by atoms with E-state index in [-0.39, 0.29) is 24.2 Å². The minimum Gasteiger partial charge on any atom is -0.478 e. The summed E-state index contributed by atoms with van der Waals surface area (Å²) in [5.41, 5.74) is 2.24. The Balaban J connectivity index is 1.68. The van der Waals surface area contributed by atoms with Crippen LogP contribution in [0.25, 0.3) is 6.08 Å². The molecule has 3 rings (SSSR count). The van der Waals surface area contributed by atoms with Crippen molar-refractivity contribution < 1.29 is 19.4 Å². The van der Waals surface area contributed by atoms with Gasteiger partial charge in [-0.15, -0.1) is 0 Å². The zero-order chi connectivity index (χ0) is 21.5. The third-order valence-corrected chi connectivity index (χ3v) is 6.55. The van der Waals surface area contributed by atoms with Gasteiger partial charge in [-0.3, -0.25) is 10.1 Å². The van der Waals surface area contributed by atoms with E-state index in [0.717, 1.165) is 49.7 Å². The summed E-state index contributed by atoms with van der Waals surface area (Å²) in [6, 6.07) is 7.58. The molecule has 1 aromatic rings. The van der Waals surface area contributed by atoms with Crippen LogP contribution in [-0.2, 0) is 14.3 Å². The van der Waals surface area contributed by atoms with E-state index in [1.54, 1.807) is 13.0 Å². The maximum atomic E-state index is 13.1. The second-order valence-electron chi connectivity index (χ2n) is 8.91. The smallest absolute Gasteiger partial charge is 0.331 e. The van der Waals surface area contributed by atoms with Crippen LogP contribution >= 0.6 is 0 Å². The lowest BCUT2D eigenvalue weighted by atomic mass is 9.83. The summed E-state index contributed by atoms with van der Waals surface area (Å²) in [7, 11) is 0. The molecule has 2 saturated carbocycles. The summed E-state index contributed by atoms with van der Waals surface area (Å²) >= 11 is 0. The van der Waals surface area contributed by atoms with Crippen LogP contribution in [0.1, 0.15) is 88.8 Å². The van der Waals surface area contributed by atoms with Crippen molar-refractivity contribution in [1.29, 1.82) is 0 Å². The van der Waals surface area contributed by atoms with E-state index >= 15 is 0 Å². The monoisotopic (exact) mass is 413 g/mol. The summed E-state index contributed by atoms with van der Waals surface area (Å²) in [4.78, 5) is 24.1. The molecule has 2 aliphatic rings. The third-order valence-electron chi connectivity index (χ3n) is 6.55. The number of carbonyl (C=O) groups excluding carboxylic acids is 1. The average Bonchev–Trinajstić information content (AvgIpc) is 3.25. The van der Waals surface area contributed by atoms with Crippen molar-refractivity contribution in [2.24, 2.45) is 5.92 Å². The van der Waals surface area contributed by atoms with Gasteiger partial charge in [0.15, 0.2) is 0 Å². The van der Waals surface area contributed by atoms with Crippen molar-refractivity contribution in [1.82, 2.24) is 5.32 Å². The van der Waals surface area contributed by atoms with Crippen LogP contribution in [0.15, 0.2) is 29.8 Å². The summed E-state index contributed by atoms with van der Waals surface area (Å²) < 4.78 is 5.88. The Labute approximate surface area is 179 Å². The first-order valence-corrected chi connectivity index (χ1v) is 11.4. The minimum atomic E-state index is -0.912. The number of carboxylic acid groups (broad SMARTS) is 1. The Kier molecular flexibility index (Phi) is 8.08. The molecule has 0 radical (unpaired) electrons. The lowest BCUT2D eigenvalue weighted by Gasteiger charge is -2.32. The van der Waals surface area contributed by atoms with Gasteiger partial charge in [0.2, 0.25) is 0 Å². The number of esters is 1. The molecule has 0 aliphatic heterocycles. The number of hydrogen-bond donors (Lipinski definition) is 2. The van der Waals surface area contributed by atoms with E-state index in [1.165, 1.54) is 19.3 Å². The zero-order valence-electron chi connectivity index (χ0n) is 18.2. The fourth-order valence-electron chi connectivity index (χ4n) is 4.67. The molecule has 30 heavy (non-hydrogen) atoms. The predicted molar refractivity (Wildman–Crippen MR) is 118 cm³/mol. The zero-order valence-corrected chi connectivity index (χ0v) is 18.2. The van der Waals surface area contributed by atoms with Gasteiger partial charge in [-0.2, -0.15) is 0 Å². The molecular weight excluding hydrogens is 378 g/mol. The molecule has 0 aromatic heterocycles. The van der Waals surface area contributed by atoms with Crippen molar-refractivity contribution in [2.45, 2.75) is 89.8 Å². The molecule has 5 nitrogen and oxygen atoms in total. The van der Waals surface area contributed by atoms with Gasteiger partial charge in [-0.25, -0.2) is 4.79 Å². The standard InChI is InChI=1S/C25H35NO4/c1-17(24(27)28)16-19-12-14-20(15-13-19)18(2)26-23(21-8-4-3-5-9-21)25(29)30-22-10-6-7-11-22/h12-16,18,21-23,26H,3-11H2,1-2H3,(H,27,28)/t18?,23-/m0/s1. The fraction of sp³-hybridized carbons (Fsp3) is 0.600. The normalized spacial score (nSPS) is 20.7. The van der Waals surface area contributed by atoms with E-state index in [1.807, 2.05) is 24.3 Å². The van der Waals surface area contributed by atoms with Gasteiger partial charge in [0.05, 0.1) is 0 Å². The van der Waals surface area contributed by atoms with Crippen molar-refractivity contribution in [2.75, 3.05) is 0 Å². The molecule has 2 atom stereocenters. The van der Waals surface area contributed by atoms with Gasteiger partial charge >= 0.3 is 11.9 Å². The first kappa shape index (κ1) is 22.5. The van der Waals surface area contributed by atoms with Crippen LogP contribution in [0.5, 0.6) is 0 Å². The van der Waals surface area contributed by atoms with E-state index < -0.39 is 5.97 Å². The second kappa shape index (κ2) is 10.8. The Bertz CT molecular complexity index is 743. The molecule has 1 aromatic carbocycles. The average molecular weight is 414 g/mol. The van der Waals surface area contributed by atoms with E-state index in [0.29, 0.717) is 11.5 Å². The number of carboxylic acids is 1. The van der Waals surface area contributed by atoms with Crippen molar-refractivity contribution >= 4 is 18.0 Å². The highest BCUT2D eigenvalue weighted by Crippen LogP contribution is 2.30. The minimum absolute atomic E-state index is 0.00616. The Morgan fingerprint density at radius 1 is 1.03 bits per heavy atom. The van der Waals surface area contributed by atoms with E-state index in [2.05, 4.69) is 12.2 Å². The summed E-state index contributed by atoms with van der Waals surface area (Å²) in [6.07, 6.45) is 11.8. The first-order valence-electron chi connectivity index (χ1n) is 11.4. The third kappa shape index (κ3) is 6.18. The maximum absolute atomic E-state index is 13.1. The van der Waals surface area contributed by atoms with Crippen LogP contribution in [0.3, 0.4) is 0 Å². The Morgan fingerprint density at radius 2 is 1.63 bits per heavy atom. The molecule has 0 saturated heterocycles. The first-order chi connectivity index (χ1) is 14.4. The lowest BCUT2D eigenvalue weighted by Crippen LogP contribution is -2.46. The summed E-state index contributed by atoms with van der Waals surface area (Å²) in [6.45, 7) is 3.66. The van der Waals surface area contributed by atoms with Crippen LogP contribution in [-0.4, -0.2) is 29.2 Å². The molecule has 0 spiro atoms. The molecule has 5 heteroatoms. The van der Waals surface area contributed by atoms with Crippen LogP contribution < -0.4 is 5.32 Å². The number of carbonyl (C=O) groups is 2. The second-order valence-corrected chi connectivity index (χ2v) is 8.91. The van der Waals surface area contributed by atoms with Gasteiger partial charge in [0.25, 0.3) is 0 Å². The molecular formula is C25H35NO4. The molecule has 1 unspecified atom stereocenters. The highest BCUT2D eigenvalue weighted by atomic mass is 16.5. The van der Waals surface area contributed by atoms with Gasteiger partial charge < -0.3 is 9.84 Å². The molecule has 2 N–H and O–H groups in total. The van der Waals surface area contributed by atoms with Crippen molar-refractivity contribution in [3.63, 3.8) is 0 Å². The van der Waals surface area contributed by atoms with Crippen LogP contribution in [0.2, 0.25) is 0 Å². The van der Waals surface area contributed by atoms with Gasteiger partial charge in [0, 0.05) is 11.6 Å². The number of hydrogen-bond acceptors (Lipinski definition) is 4. The number of benzene rings is 1. The predicted octanol–water partition coefficient (Wildman–Crippen LogP) is 5.26. The van der Waals surface area contributed by atoms with E-state index in [9.17, 15) is 9.59 Å². The topological polar surface area (TPSA) is 75.6 Å². The maximum Gasteiger partial charge on any atom is 0.331 e. The number of nitrogens with one attached hydrogen (secondary N) is 1. The SMILES string of the molecule is CC(=Cc1ccc(C(C)N[C@H](C(=O)OC2CCCC2)C2CCCCC2)cc1)C(=O)O.